The summed E-state index contributed by atoms with van der Waals surface area (Å²) in [5.41, 5.74) is 7.31. The molecular formula is C16H23NO2. The smallest absolute Gasteiger partial charge is 0.161 e. The molecule has 1 fully saturated rings. The van der Waals surface area contributed by atoms with E-state index in [-0.39, 0.29) is 0 Å². The molecule has 2 aliphatic rings. The van der Waals surface area contributed by atoms with Crippen molar-refractivity contribution in [2.24, 2.45) is 11.7 Å². The van der Waals surface area contributed by atoms with Crippen LogP contribution in [-0.2, 0) is 0 Å². The Morgan fingerprint density at radius 2 is 1.79 bits per heavy atom. The normalized spacial score (nSPS) is 26.8. The number of hydrogen-bond donors (Lipinski definition) is 1. The van der Waals surface area contributed by atoms with Crippen LogP contribution in [0.5, 0.6) is 11.5 Å². The van der Waals surface area contributed by atoms with E-state index in [1.165, 1.54) is 31.2 Å². The molecule has 3 nitrogen and oxygen atoms in total. The molecule has 1 aromatic carbocycles. The molecule has 1 aliphatic heterocycles. The maximum absolute atomic E-state index is 5.94. The molecule has 1 aliphatic carbocycles. The van der Waals surface area contributed by atoms with Crippen molar-refractivity contribution < 1.29 is 9.47 Å². The third-order valence-corrected chi connectivity index (χ3v) is 4.41. The Morgan fingerprint density at radius 3 is 2.63 bits per heavy atom. The second-order valence-corrected chi connectivity index (χ2v) is 5.64. The van der Waals surface area contributed by atoms with Gasteiger partial charge in [0.2, 0.25) is 0 Å². The summed E-state index contributed by atoms with van der Waals surface area (Å²) in [7, 11) is 0. The van der Waals surface area contributed by atoms with E-state index in [4.69, 9.17) is 15.2 Å². The van der Waals surface area contributed by atoms with Crippen LogP contribution in [0.3, 0.4) is 0 Å². The lowest BCUT2D eigenvalue weighted by Gasteiger charge is -2.31. The standard InChI is InChI=1S/C16H23NO2/c17-11-13-4-1-2-5-14(13)12-6-7-15-16(10-12)19-9-3-8-18-15/h6-7,10,13-14H,1-5,8-9,11,17H2. The van der Waals surface area contributed by atoms with E-state index < -0.39 is 0 Å². The van der Waals surface area contributed by atoms with Crippen molar-refractivity contribution in [2.45, 2.75) is 38.0 Å². The molecule has 19 heavy (non-hydrogen) atoms. The van der Waals surface area contributed by atoms with Crippen LogP contribution in [0.25, 0.3) is 0 Å². The Balaban J connectivity index is 1.86. The highest BCUT2D eigenvalue weighted by Gasteiger charge is 2.26. The molecule has 2 atom stereocenters. The van der Waals surface area contributed by atoms with E-state index in [0.29, 0.717) is 11.8 Å². The van der Waals surface area contributed by atoms with Gasteiger partial charge in [-0.05, 0) is 48.9 Å². The molecule has 1 aromatic rings. The summed E-state index contributed by atoms with van der Waals surface area (Å²) >= 11 is 0. The van der Waals surface area contributed by atoms with Crippen LogP contribution in [0.1, 0.15) is 43.6 Å². The lowest BCUT2D eigenvalue weighted by molar-refractivity contribution is 0.296. The fourth-order valence-corrected chi connectivity index (χ4v) is 3.34. The van der Waals surface area contributed by atoms with Gasteiger partial charge in [-0.3, -0.25) is 0 Å². The summed E-state index contributed by atoms with van der Waals surface area (Å²) in [5.74, 6) is 3.02. The van der Waals surface area contributed by atoms with Crippen molar-refractivity contribution in [1.29, 1.82) is 0 Å². The maximum atomic E-state index is 5.94. The predicted octanol–water partition coefficient (Wildman–Crippen LogP) is 3.08. The monoisotopic (exact) mass is 261 g/mol. The SMILES string of the molecule is NCC1CCCCC1c1ccc2c(c1)OCCCO2. The highest BCUT2D eigenvalue weighted by atomic mass is 16.5. The molecule has 0 aromatic heterocycles. The van der Waals surface area contributed by atoms with Crippen molar-refractivity contribution in [3.05, 3.63) is 23.8 Å². The second kappa shape index (κ2) is 5.83. The van der Waals surface area contributed by atoms with Crippen LogP contribution >= 0.6 is 0 Å². The molecule has 3 rings (SSSR count). The third-order valence-electron chi connectivity index (χ3n) is 4.41. The minimum Gasteiger partial charge on any atom is -0.490 e. The maximum Gasteiger partial charge on any atom is 0.161 e. The summed E-state index contributed by atoms with van der Waals surface area (Å²) in [4.78, 5) is 0. The Morgan fingerprint density at radius 1 is 1.00 bits per heavy atom. The first kappa shape index (κ1) is 12.8. The van der Waals surface area contributed by atoms with Gasteiger partial charge in [0.05, 0.1) is 13.2 Å². The molecule has 0 saturated heterocycles. The first-order valence-electron chi connectivity index (χ1n) is 7.48. The van der Waals surface area contributed by atoms with Gasteiger partial charge in [-0.25, -0.2) is 0 Å². The summed E-state index contributed by atoms with van der Waals surface area (Å²) in [6.45, 7) is 2.29. The van der Waals surface area contributed by atoms with Crippen molar-refractivity contribution in [3.63, 3.8) is 0 Å². The fraction of sp³-hybridized carbons (Fsp3) is 0.625. The average Bonchev–Trinajstić information content (AvgIpc) is 2.71. The Kier molecular flexibility index (Phi) is 3.92. The van der Waals surface area contributed by atoms with Gasteiger partial charge in [0.15, 0.2) is 11.5 Å². The minimum absolute atomic E-state index is 0.593. The van der Waals surface area contributed by atoms with E-state index >= 15 is 0 Å². The zero-order chi connectivity index (χ0) is 13.1. The van der Waals surface area contributed by atoms with Gasteiger partial charge in [0.25, 0.3) is 0 Å². The summed E-state index contributed by atoms with van der Waals surface area (Å²) in [6, 6.07) is 6.45. The van der Waals surface area contributed by atoms with Gasteiger partial charge in [0.1, 0.15) is 0 Å². The number of nitrogens with two attached hydrogens (primary N) is 1. The van der Waals surface area contributed by atoms with Crippen LogP contribution in [0, 0.1) is 5.92 Å². The van der Waals surface area contributed by atoms with Gasteiger partial charge >= 0.3 is 0 Å². The molecule has 0 spiro atoms. The number of fused-ring (bicyclic) bond motifs is 1. The van der Waals surface area contributed by atoms with Crippen LogP contribution in [0.2, 0.25) is 0 Å². The molecule has 0 radical (unpaired) electrons. The van der Waals surface area contributed by atoms with E-state index in [1.54, 1.807) is 0 Å². The highest BCUT2D eigenvalue weighted by Crippen LogP contribution is 2.40. The van der Waals surface area contributed by atoms with Crippen molar-refractivity contribution in [1.82, 2.24) is 0 Å². The number of rotatable bonds is 2. The lowest BCUT2D eigenvalue weighted by atomic mass is 9.75. The third kappa shape index (κ3) is 2.71. The lowest BCUT2D eigenvalue weighted by Crippen LogP contribution is -2.25. The largest absolute Gasteiger partial charge is 0.490 e. The summed E-state index contributed by atoms with van der Waals surface area (Å²) < 4.78 is 11.5. The van der Waals surface area contributed by atoms with Crippen LogP contribution in [0.15, 0.2) is 18.2 Å². The van der Waals surface area contributed by atoms with Crippen molar-refractivity contribution >= 4 is 0 Å². The molecular weight excluding hydrogens is 238 g/mol. The van der Waals surface area contributed by atoms with E-state index in [9.17, 15) is 0 Å². The van der Waals surface area contributed by atoms with Gasteiger partial charge in [-0.2, -0.15) is 0 Å². The van der Waals surface area contributed by atoms with Gasteiger partial charge in [-0.15, -0.1) is 0 Å². The van der Waals surface area contributed by atoms with Crippen LogP contribution < -0.4 is 15.2 Å². The molecule has 104 valence electrons. The average molecular weight is 261 g/mol. The van der Waals surface area contributed by atoms with E-state index in [1.807, 2.05) is 0 Å². The molecule has 3 heteroatoms. The Bertz CT molecular complexity index is 433. The summed E-state index contributed by atoms with van der Waals surface area (Å²) in [6.07, 6.45) is 6.11. The first-order chi connectivity index (χ1) is 9.38. The minimum atomic E-state index is 0.593. The van der Waals surface area contributed by atoms with Crippen LogP contribution in [0.4, 0.5) is 0 Å². The topological polar surface area (TPSA) is 44.5 Å². The molecule has 0 bridgehead atoms. The van der Waals surface area contributed by atoms with Crippen molar-refractivity contribution in [2.75, 3.05) is 19.8 Å². The molecule has 1 saturated carbocycles. The fourth-order valence-electron chi connectivity index (χ4n) is 3.34. The first-order valence-corrected chi connectivity index (χ1v) is 7.48. The van der Waals surface area contributed by atoms with Crippen LogP contribution in [-0.4, -0.2) is 19.8 Å². The van der Waals surface area contributed by atoms with E-state index in [0.717, 1.165) is 37.7 Å². The van der Waals surface area contributed by atoms with Crippen molar-refractivity contribution in [3.8, 4) is 11.5 Å². The number of benzene rings is 1. The summed E-state index contributed by atoms with van der Waals surface area (Å²) in [5, 5.41) is 0. The van der Waals surface area contributed by atoms with Gasteiger partial charge in [0, 0.05) is 6.42 Å². The molecule has 2 N–H and O–H groups in total. The van der Waals surface area contributed by atoms with Gasteiger partial charge in [-0.1, -0.05) is 18.9 Å². The molecule has 1 heterocycles. The Labute approximate surface area is 115 Å². The second-order valence-electron chi connectivity index (χ2n) is 5.64. The van der Waals surface area contributed by atoms with Gasteiger partial charge < -0.3 is 15.2 Å². The predicted molar refractivity (Wildman–Crippen MR) is 75.8 cm³/mol. The Hall–Kier alpha value is -1.22. The quantitative estimate of drug-likeness (QED) is 0.889. The number of ether oxygens (including phenoxy) is 2. The van der Waals surface area contributed by atoms with E-state index in [2.05, 4.69) is 18.2 Å². The highest BCUT2D eigenvalue weighted by molar-refractivity contribution is 5.44. The zero-order valence-corrected chi connectivity index (χ0v) is 11.4. The number of hydrogen-bond acceptors (Lipinski definition) is 3. The molecule has 2 unspecified atom stereocenters. The molecule has 0 amide bonds. The zero-order valence-electron chi connectivity index (χ0n) is 11.4.